The fourth-order valence-electron chi connectivity index (χ4n) is 3.65. The van der Waals surface area contributed by atoms with Crippen LogP contribution in [0.4, 0.5) is 0 Å². The Hall–Kier alpha value is -4.25. The maximum Gasteiger partial charge on any atom is 0.193 e. The number of carbonyl (C=O) groups excluding carboxylic acids is 1. The molecule has 0 unspecified atom stereocenters. The van der Waals surface area contributed by atoms with Gasteiger partial charge in [-0.2, -0.15) is 0 Å². The van der Waals surface area contributed by atoms with Crippen molar-refractivity contribution in [1.82, 2.24) is 0 Å². The molecule has 38 heavy (non-hydrogen) atoms. The molecule has 0 N–H and O–H groups in total. The molecular formula is C33H34O5. The van der Waals surface area contributed by atoms with Crippen LogP contribution in [0.25, 0.3) is 0 Å². The van der Waals surface area contributed by atoms with Crippen LogP contribution in [0.5, 0.6) is 34.5 Å². The van der Waals surface area contributed by atoms with Gasteiger partial charge in [0.25, 0.3) is 0 Å². The summed E-state index contributed by atoms with van der Waals surface area (Å²) in [5, 5.41) is 0. The van der Waals surface area contributed by atoms with Gasteiger partial charge in [-0.25, -0.2) is 0 Å². The maximum atomic E-state index is 13.0. The lowest BCUT2D eigenvalue weighted by Gasteiger charge is -2.21. The van der Waals surface area contributed by atoms with Crippen LogP contribution in [-0.2, 0) is 0 Å². The molecule has 0 amide bonds. The fourth-order valence-corrected chi connectivity index (χ4v) is 3.65. The van der Waals surface area contributed by atoms with Crippen LogP contribution >= 0.6 is 0 Å². The standard InChI is InChI=1S/C33H34O5/c1-32(2,3)37-29-19-15-27(16-20-29)35-25-11-7-23(8-12-25)31(34)24-9-13-26(14-10-24)36-28-17-21-30(22-18-28)38-33(4,5)6/h7-22H,1-6H3. The van der Waals surface area contributed by atoms with Gasteiger partial charge in [-0.3, -0.25) is 4.79 Å². The first-order valence-corrected chi connectivity index (χ1v) is 12.6. The Kier molecular flexibility index (Phi) is 7.77. The Morgan fingerprint density at radius 2 is 0.658 bits per heavy atom. The van der Waals surface area contributed by atoms with Gasteiger partial charge in [0.05, 0.1) is 0 Å². The smallest absolute Gasteiger partial charge is 0.193 e. The molecule has 5 heteroatoms. The Labute approximate surface area is 225 Å². The van der Waals surface area contributed by atoms with E-state index in [9.17, 15) is 4.79 Å². The molecule has 0 heterocycles. The minimum Gasteiger partial charge on any atom is -0.488 e. The van der Waals surface area contributed by atoms with Gasteiger partial charge in [-0.15, -0.1) is 0 Å². The number of ether oxygens (including phenoxy) is 4. The van der Waals surface area contributed by atoms with Crippen molar-refractivity contribution < 1.29 is 23.7 Å². The number of rotatable bonds is 8. The van der Waals surface area contributed by atoms with E-state index in [1.54, 1.807) is 48.5 Å². The average Bonchev–Trinajstić information content (AvgIpc) is 2.85. The number of carbonyl (C=O) groups is 1. The summed E-state index contributed by atoms with van der Waals surface area (Å²) >= 11 is 0. The molecule has 0 spiro atoms. The summed E-state index contributed by atoms with van der Waals surface area (Å²) in [7, 11) is 0. The molecule has 196 valence electrons. The quantitative estimate of drug-likeness (QED) is 0.222. The SMILES string of the molecule is CC(C)(C)Oc1ccc(Oc2ccc(C(=O)c3ccc(Oc4ccc(OC(C)(C)C)cc4)cc3)cc2)cc1. The predicted octanol–water partition coefficient (Wildman–Crippen LogP) is 8.86. The highest BCUT2D eigenvalue weighted by molar-refractivity contribution is 6.09. The Morgan fingerprint density at radius 3 is 0.921 bits per heavy atom. The van der Waals surface area contributed by atoms with E-state index in [1.807, 2.05) is 90.1 Å². The molecule has 0 aromatic heterocycles. The van der Waals surface area contributed by atoms with Crippen LogP contribution < -0.4 is 18.9 Å². The summed E-state index contributed by atoms with van der Waals surface area (Å²) in [5.41, 5.74) is 0.641. The van der Waals surface area contributed by atoms with Crippen molar-refractivity contribution in [3.8, 4) is 34.5 Å². The van der Waals surface area contributed by atoms with Crippen LogP contribution in [0.1, 0.15) is 57.5 Å². The van der Waals surface area contributed by atoms with Crippen LogP contribution in [0.15, 0.2) is 97.1 Å². The normalized spacial score (nSPS) is 11.5. The largest absolute Gasteiger partial charge is 0.488 e. The lowest BCUT2D eigenvalue weighted by molar-refractivity contribution is 0.103. The van der Waals surface area contributed by atoms with Crippen molar-refractivity contribution in [2.45, 2.75) is 52.7 Å². The molecule has 0 atom stereocenters. The zero-order valence-electron chi connectivity index (χ0n) is 22.8. The van der Waals surface area contributed by atoms with E-state index < -0.39 is 0 Å². The van der Waals surface area contributed by atoms with Gasteiger partial charge in [0.15, 0.2) is 5.78 Å². The van der Waals surface area contributed by atoms with E-state index in [0.717, 1.165) is 11.5 Å². The maximum absolute atomic E-state index is 13.0. The molecule has 0 bridgehead atoms. The van der Waals surface area contributed by atoms with Crippen molar-refractivity contribution in [2.24, 2.45) is 0 Å². The van der Waals surface area contributed by atoms with Crippen molar-refractivity contribution in [2.75, 3.05) is 0 Å². The van der Waals surface area contributed by atoms with Crippen LogP contribution in [0, 0.1) is 0 Å². The first-order chi connectivity index (χ1) is 17.9. The first-order valence-electron chi connectivity index (χ1n) is 12.6. The van der Waals surface area contributed by atoms with Gasteiger partial charge in [-0.1, -0.05) is 0 Å². The van der Waals surface area contributed by atoms with Gasteiger partial charge < -0.3 is 18.9 Å². The lowest BCUT2D eigenvalue weighted by atomic mass is 10.0. The third-order valence-electron chi connectivity index (χ3n) is 5.20. The first kappa shape index (κ1) is 26.8. The molecule has 4 aromatic rings. The second-order valence-corrected chi connectivity index (χ2v) is 11.0. The Bertz CT molecular complexity index is 1230. The summed E-state index contributed by atoms with van der Waals surface area (Å²) in [5.74, 6) is 4.17. The minimum absolute atomic E-state index is 0.0736. The lowest BCUT2D eigenvalue weighted by Crippen LogP contribution is -2.22. The van der Waals surface area contributed by atoms with Gasteiger partial charge >= 0.3 is 0 Å². The third-order valence-corrected chi connectivity index (χ3v) is 5.20. The Morgan fingerprint density at radius 1 is 0.421 bits per heavy atom. The zero-order valence-corrected chi connectivity index (χ0v) is 22.8. The number of hydrogen-bond acceptors (Lipinski definition) is 5. The molecule has 4 rings (SSSR count). The highest BCUT2D eigenvalue weighted by atomic mass is 16.5. The summed E-state index contributed by atoms with van der Waals surface area (Å²) in [6.07, 6.45) is 0. The second kappa shape index (κ2) is 11.0. The zero-order chi connectivity index (χ0) is 27.3. The summed E-state index contributed by atoms with van der Waals surface area (Å²) in [4.78, 5) is 13.0. The van der Waals surface area contributed by atoms with E-state index in [4.69, 9.17) is 18.9 Å². The van der Waals surface area contributed by atoms with E-state index in [0.29, 0.717) is 34.1 Å². The molecule has 0 saturated carbocycles. The van der Waals surface area contributed by atoms with E-state index in [2.05, 4.69) is 0 Å². The highest BCUT2D eigenvalue weighted by Gasteiger charge is 2.13. The molecule has 0 saturated heterocycles. The van der Waals surface area contributed by atoms with Gasteiger partial charge in [0.2, 0.25) is 0 Å². The molecule has 0 aliphatic heterocycles. The van der Waals surface area contributed by atoms with Gasteiger partial charge in [0.1, 0.15) is 45.7 Å². The predicted molar refractivity (Wildman–Crippen MR) is 150 cm³/mol. The van der Waals surface area contributed by atoms with Gasteiger partial charge in [-0.05, 0) is 139 Å². The molecule has 0 aliphatic rings. The minimum atomic E-state index is -0.258. The highest BCUT2D eigenvalue weighted by Crippen LogP contribution is 2.28. The van der Waals surface area contributed by atoms with Crippen molar-refractivity contribution in [1.29, 1.82) is 0 Å². The van der Waals surface area contributed by atoms with Crippen LogP contribution in [-0.4, -0.2) is 17.0 Å². The second-order valence-electron chi connectivity index (χ2n) is 11.0. The van der Waals surface area contributed by atoms with Crippen molar-refractivity contribution >= 4 is 5.78 Å². The molecular weight excluding hydrogens is 476 g/mol. The molecule has 0 radical (unpaired) electrons. The molecule has 0 aliphatic carbocycles. The topological polar surface area (TPSA) is 54.0 Å². The third kappa shape index (κ3) is 7.87. The van der Waals surface area contributed by atoms with E-state index >= 15 is 0 Å². The molecule has 4 aromatic carbocycles. The summed E-state index contributed by atoms with van der Waals surface area (Å²) in [6, 6.07) is 29.2. The number of benzene rings is 4. The van der Waals surface area contributed by atoms with Gasteiger partial charge in [0, 0.05) is 11.1 Å². The summed E-state index contributed by atoms with van der Waals surface area (Å²) in [6.45, 7) is 12.0. The Balaban J connectivity index is 1.34. The van der Waals surface area contributed by atoms with Crippen LogP contribution in [0.3, 0.4) is 0 Å². The summed E-state index contributed by atoms with van der Waals surface area (Å²) < 4.78 is 23.5. The average molecular weight is 511 g/mol. The van der Waals surface area contributed by atoms with Crippen molar-refractivity contribution in [3.05, 3.63) is 108 Å². The number of ketones is 1. The van der Waals surface area contributed by atoms with E-state index in [1.165, 1.54) is 0 Å². The monoisotopic (exact) mass is 510 g/mol. The van der Waals surface area contributed by atoms with E-state index in [-0.39, 0.29) is 17.0 Å². The molecule has 5 nitrogen and oxygen atoms in total. The van der Waals surface area contributed by atoms with Crippen molar-refractivity contribution in [3.63, 3.8) is 0 Å². The number of hydrogen-bond donors (Lipinski definition) is 0. The molecule has 0 fully saturated rings. The van der Waals surface area contributed by atoms with Crippen LogP contribution in [0.2, 0.25) is 0 Å². The fraction of sp³-hybridized carbons (Fsp3) is 0.242.